The van der Waals surface area contributed by atoms with Gasteiger partial charge in [0.1, 0.15) is 0 Å². The van der Waals surface area contributed by atoms with Crippen molar-refractivity contribution in [2.45, 2.75) is 57.2 Å². The van der Waals surface area contributed by atoms with Crippen LogP contribution >= 0.6 is 0 Å². The predicted molar refractivity (Wildman–Crippen MR) is 121 cm³/mol. The summed E-state index contributed by atoms with van der Waals surface area (Å²) in [7, 11) is 0. The monoisotopic (exact) mass is 417 g/mol. The first-order chi connectivity index (χ1) is 15.1. The van der Waals surface area contributed by atoms with Crippen molar-refractivity contribution >= 4 is 17.5 Å². The van der Waals surface area contributed by atoms with Crippen LogP contribution in [0.5, 0.6) is 0 Å². The van der Waals surface area contributed by atoms with Gasteiger partial charge < -0.3 is 15.5 Å². The minimum atomic E-state index is -0.117. The molecule has 0 radical (unpaired) electrons. The molecule has 1 saturated carbocycles. The van der Waals surface area contributed by atoms with Crippen molar-refractivity contribution < 1.29 is 9.59 Å². The smallest absolute Gasteiger partial charge is 0.228 e. The Bertz CT molecular complexity index is 960. The Hall–Kier alpha value is -2.82. The lowest BCUT2D eigenvalue weighted by atomic mass is 9.79. The molecule has 0 aromatic heterocycles. The average Bonchev–Trinajstić information content (AvgIpc) is 3.24. The molecular formula is C26H31N3O2. The van der Waals surface area contributed by atoms with Gasteiger partial charge in [-0.3, -0.25) is 9.59 Å². The maximum Gasteiger partial charge on any atom is 0.228 e. The zero-order valence-electron chi connectivity index (χ0n) is 18.1. The number of rotatable bonds is 3. The first-order valence-electron chi connectivity index (χ1n) is 11.6. The van der Waals surface area contributed by atoms with Crippen LogP contribution in [-0.4, -0.2) is 29.3 Å². The summed E-state index contributed by atoms with van der Waals surface area (Å²) in [6.45, 7) is 2.33. The number of amides is 2. The van der Waals surface area contributed by atoms with E-state index in [1.54, 1.807) is 6.92 Å². The van der Waals surface area contributed by atoms with E-state index < -0.39 is 0 Å². The van der Waals surface area contributed by atoms with Crippen LogP contribution in [0.2, 0.25) is 0 Å². The van der Waals surface area contributed by atoms with Gasteiger partial charge in [0.25, 0.3) is 0 Å². The van der Waals surface area contributed by atoms with Crippen molar-refractivity contribution in [3.8, 4) is 0 Å². The van der Waals surface area contributed by atoms with Crippen molar-refractivity contribution in [3.05, 3.63) is 65.7 Å². The van der Waals surface area contributed by atoms with Gasteiger partial charge in [-0.2, -0.15) is 0 Å². The van der Waals surface area contributed by atoms with Gasteiger partial charge in [0.05, 0.1) is 18.0 Å². The predicted octanol–water partition coefficient (Wildman–Crippen LogP) is 4.44. The summed E-state index contributed by atoms with van der Waals surface area (Å²) in [6, 6.07) is 19.2. The third kappa shape index (κ3) is 3.71. The minimum absolute atomic E-state index is 0.0413. The Balaban J connectivity index is 1.48. The number of hydrogen-bond acceptors (Lipinski definition) is 3. The highest BCUT2D eigenvalue weighted by molar-refractivity contribution is 5.82. The van der Waals surface area contributed by atoms with E-state index in [2.05, 4.69) is 64.1 Å². The highest BCUT2D eigenvalue weighted by Gasteiger charge is 2.48. The number of likely N-dealkylation sites (tertiary alicyclic amines) is 1. The highest BCUT2D eigenvalue weighted by Crippen LogP contribution is 2.51. The standard InChI is InChI=1S/C26H31N3O2/c1-17(30)27-23-14-8-6-12-20(23)26(31)29-16-15-21-24(18-9-3-2-4-10-18)28-22-13-7-5-11-19(22)25(21)29/h2-5,7,9-11,13,20-21,23-25,28H,6,8,12,14-16H2,1H3,(H,27,30)/t20-,21+,23+,24-,25-/m0/s1. The normalized spacial score (nSPS) is 29.5. The van der Waals surface area contributed by atoms with Crippen LogP contribution in [0.4, 0.5) is 5.69 Å². The first-order valence-corrected chi connectivity index (χ1v) is 11.6. The molecule has 2 aromatic carbocycles. The zero-order chi connectivity index (χ0) is 21.4. The minimum Gasteiger partial charge on any atom is -0.378 e. The fourth-order valence-corrected chi connectivity index (χ4v) is 6.04. The first kappa shape index (κ1) is 20.1. The Morgan fingerprint density at radius 1 is 0.968 bits per heavy atom. The van der Waals surface area contributed by atoms with E-state index in [1.165, 1.54) is 11.1 Å². The van der Waals surface area contributed by atoms with E-state index in [4.69, 9.17) is 0 Å². The summed E-state index contributed by atoms with van der Waals surface area (Å²) >= 11 is 0. The number of hydrogen-bond donors (Lipinski definition) is 2. The average molecular weight is 418 g/mol. The number of fused-ring (bicyclic) bond motifs is 3. The summed E-state index contributed by atoms with van der Waals surface area (Å²) < 4.78 is 0. The third-order valence-electron chi connectivity index (χ3n) is 7.38. The van der Waals surface area contributed by atoms with Crippen molar-refractivity contribution in [3.63, 3.8) is 0 Å². The fourth-order valence-electron chi connectivity index (χ4n) is 6.04. The van der Waals surface area contributed by atoms with E-state index in [0.717, 1.165) is 44.3 Å². The third-order valence-corrected chi connectivity index (χ3v) is 7.38. The van der Waals surface area contributed by atoms with Gasteiger partial charge >= 0.3 is 0 Å². The van der Waals surface area contributed by atoms with Crippen LogP contribution in [0.3, 0.4) is 0 Å². The SMILES string of the molecule is CC(=O)N[C@@H]1CCCC[C@@H]1C(=O)N1CC[C@@H]2[C@H](c3ccccc3)Nc3ccccc3[C@@H]21. The number of nitrogens with one attached hydrogen (secondary N) is 2. The van der Waals surface area contributed by atoms with Gasteiger partial charge in [0.15, 0.2) is 0 Å². The second-order valence-electron chi connectivity index (χ2n) is 9.25. The number of nitrogens with zero attached hydrogens (tertiary/aromatic N) is 1. The largest absolute Gasteiger partial charge is 0.378 e. The molecule has 5 atom stereocenters. The lowest BCUT2D eigenvalue weighted by molar-refractivity contribution is -0.139. The molecule has 2 fully saturated rings. The fraction of sp³-hybridized carbons (Fsp3) is 0.462. The number of carbonyl (C=O) groups excluding carboxylic acids is 2. The number of benzene rings is 2. The quantitative estimate of drug-likeness (QED) is 0.776. The van der Waals surface area contributed by atoms with E-state index in [0.29, 0.717) is 5.92 Å². The van der Waals surface area contributed by atoms with Crippen LogP contribution in [0, 0.1) is 11.8 Å². The van der Waals surface area contributed by atoms with Crippen LogP contribution in [0.1, 0.15) is 62.2 Å². The van der Waals surface area contributed by atoms with E-state index >= 15 is 0 Å². The molecule has 0 unspecified atom stereocenters. The summed E-state index contributed by atoms with van der Waals surface area (Å²) in [5.74, 6) is 0.396. The number of para-hydroxylation sites is 1. The number of carbonyl (C=O) groups is 2. The Kier molecular flexibility index (Phi) is 5.43. The lowest BCUT2D eigenvalue weighted by Gasteiger charge is -2.42. The highest BCUT2D eigenvalue weighted by atomic mass is 16.2. The van der Waals surface area contributed by atoms with Crippen molar-refractivity contribution in [2.75, 3.05) is 11.9 Å². The van der Waals surface area contributed by atoms with Gasteiger partial charge in [-0.15, -0.1) is 0 Å². The molecule has 162 valence electrons. The molecule has 5 rings (SSSR count). The van der Waals surface area contributed by atoms with Crippen LogP contribution < -0.4 is 10.6 Å². The molecule has 2 aliphatic heterocycles. The summed E-state index contributed by atoms with van der Waals surface area (Å²) in [4.78, 5) is 27.7. The molecule has 2 heterocycles. The van der Waals surface area contributed by atoms with Crippen molar-refractivity contribution in [1.29, 1.82) is 0 Å². The molecule has 0 bridgehead atoms. The maximum absolute atomic E-state index is 13.9. The Morgan fingerprint density at radius 3 is 2.52 bits per heavy atom. The molecule has 0 spiro atoms. The molecular weight excluding hydrogens is 386 g/mol. The maximum atomic E-state index is 13.9. The van der Waals surface area contributed by atoms with Crippen LogP contribution in [-0.2, 0) is 9.59 Å². The van der Waals surface area contributed by atoms with Gasteiger partial charge in [0, 0.05) is 31.1 Å². The molecule has 2 aromatic rings. The summed E-state index contributed by atoms with van der Waals surface area (Å²) in [5, 5.41) is 6.83. The zero-order valence-corrected chi connectivity index (χ0v) is 18.1. The van der Waals surface area contributed by atoms with Gasteiger partial charge in [-0.05, 0) is 36.5 Å². The van der Waals surface area contributed by atoms with Crippen LogP contribution in [0.15, 0.2) is 54.6 Å². The Morgan fingerprint density at radius 2 is 1.71 bits per heavy atom. The second-order valence-corrected chi connectivity index (χ2v) is 9.25. The van der Waals surface area contributed by atoms with Gasteiger partial charge in [-0.1, -0.05) is 61.4 Å². The van der Waals surface area contributed by atoms with Crippen LogP contribution in [0.25, 0.3) is 0 Å². The topological polar surface area (TPSA) is 61.4 Å². The molecule has 1 saturated heterocycles. The Labute approximate surface area is 184 Å². The van der Waals surface area contributed by atoms with Gasteiger partial charge in [-0.25, -0.2) is 0 Å². The van der Waals surface area contributed by atoms with Crippen molar-refractivity contribution in [2.24, 2.45) is 11.8 Å². The summed E-state index contributed by atoms with van der Waals surface area (Å²) in [5.41, 5.74) is 3.62. The van der Waals surface area contributed by atoms with E-state index in [9.17, 15) is 9.59 Å². The van der Waals surface area contributed by atoms with E-state index in [1.807, 2.05) is 6.07 Å². The number of anilines is 1. The molecule has 5 heteroatoms. The van der Waals surface area contributed by atoms with Gasteiger partial charge in [0.2, 0.25) is 11.8 Å². The summed E-state index contributed by atoms with van der Waals surface area (Å²) in [6.07, 6.45) is 4.86. The molecule has 3 aliphatic rings. The molecule has 2 amide bonds. The molecule has 2 N–H and O–H groups in total. The van der Waals surface area contributed by atoms with E-state index in [-0.39, 0.29) is 35.9 Å². The molecule has 5 nitrogen and oxygen atoms in total. The second kappa shape index (κ2) is 8.37. The lowest BCUT2D eigenvalue weighted by Crippen LogP contribution is -2.49. The molecule has 31 heavy (non-hydrogen) atoms. The van der Waals surface area contributed by atoms with Crippen molar-refractivity contribution in [1.82, 2.24) is 10.2 Å². The molecule has 1 aliphatic carbocycles.